The molecule has 0 spiro atoms. The van der Waals surface area contributed by atoms with Crippen LogP contribution in [0.5, 0.6) is 0 Å². The Bertz CT molecular complexity index is 1250. The number of nitrogens with zero attached hydrogens (tertiary/aromatic N) is 2. The molecule has 3 aromatic carbocycles. The zero-order valence-electron chi connectivity index (χ0n) is 20.4. The summed E-state index contributed by atoms with van der Waals surface area (Å²) in [6.07, 6.45) is 3.74. The molecular formula is C28H33N3O3S. The number of carbonyl (C=O) groups excluding carboxylic acids is 1. The summed E-state index contributed by atoms with van der Waals surface area (Å²) in [5.74, 6) is -0.358. The molecule has 35 heavy (non-hydrogen) atoms. The molecule has 4 rings (SSSR count). The third-order valence-corrected chi connectivity index (χ3v) is 8.33. The topological polar surface area (TPSA) is 69.7 Å². The molecule has 0 aliphatic carbocycles. The molecule has 1 amide bonds. The third-order valence-electron chi connectivity index (χ3n) is 6.54. The van der Waals surface area contributed by atoms with E-state index in [9.17, 15) is 13.2 Å². The van der Waals surface area contributed by atoms with Crippen LogP contribution in [0.1, 0.15) is 36.0 Å². The molecule has 1 fully saturated rings. The Morgan fingerprint density at radius 2 is 1.57 bits per heavy atom. The molecule has 0 atom stereocenters. The maximum Gasteiger partial charge on any atom is 0.264 e. The van der Waals surface area contributed by atoms with Gasteiger partial charge < -0.3 is 10.2 Å². The van der Waals surface area contributed by atoms with Crippen LogP contribution in [-0.2, 0) is 21.4 Å². The molecule has 7 heteroatoms. The van der Waals surface area contributed by atoms with E-state index >= 15 is 0 Å². The Hall–Kier alpha value is -3.32. The molecule has 1 saturated heterocycles. The Morgan fingerprint density at radius 1 is 0.886 bits per heavy atom. The highest BCUT2D eigenvalue weighted by Crippen LogP contribution is 2.26. The predicted molar refractivity (Wildman–Crippen MR) is 141 cm³/mol. The van der Waals surface area contributed by atoms with Gasteiger partial charge in [-0.2, -0.15) is 0 Å². The SMILES string of the molecule is Cc1ccc(N(CC(=O)NCc2ccc(N3CCCCC3)cc2)S(=O)(=O)c2ccccc2)cc1C. The Labute approximate surface area is 208 Å². The van der Waals surface area contributed by atoms with Gasteiger partial charge in [-0.15, -0.1) is 0 Å². The molecule has 0 bridgehead atoms. The second kappa shape index (κ2) is 11.0. The fourth-order valence-electron chi connectivity index (χ4n) is 4.28. The summed E-state index contributed by atoms with van der Waals surface area (Å²) in [7, 11) is -3.91. The van der Waals surface area contributed by atoms with Gasteiger partial charge in [0.05, 0.1) is 10.6 Å². The maximum atomic E-state index is 13.5. The lowest BCUT2D eigenvalue weighted by atomic mass is 10.1. The zero-order valence-corrected chi connectivity index (χ0v) is 21.2. The molecule has 1 aliphatic rings. The minimum absolute atomic E-state index is 0.152. The lowest BCUT2D eigenvalue weighted by molar-refractivity contribution is -0.119. The van der Waals surface area contributed by atoms with Crippen molar-refractivity contribution in [3.63, 3.8) is 0 Å². The van der Waals surface area contributed by atoms with Crippen LogP contribution in [0, 0.1) is 13.8 Å². The van der Waals surface area contributed by atoms with Crippen molar-refractivity contribution in [2.45, 2.75) is 44.6 Å². The number of hydrogen-bond acceptors (Lipinski definition) is 4. The van der Waals surface area contributed by atoms with Crippen LogP contribution in [0.3, 0.4) is 0 Å². The van der Waals surface area contributed by atoms with Crippen LogP contribution in [0.15, 0.2) is 77.7 Å². The minimum Gasteiger partial charge on any atom is -0.372 e. The van der Waals surface area contributed by atoms with Crippen LogP contribution < -0.4 is 14.5 Å². The van der Waals surface area contributed by atoms with E-state index in [-0.39, 0.29) is 17.3 Å². The summed E-state index contributed by atoms with van der Waals surface area (Å²) < 4.78 is 28.1. The zero-order chi connectivity index (χ0) is 24.8. The molecule has 1 N–H and O–H groups in total. The monoisotopic (exact) mass is 491 g/mol. The van der Waals surface area contributed by atoms with Crippen molar-refractivity contribution in [1.82, 2.24) is 5.32 Å². The van der Waals surface area contributed by atoms with Gasteiger partial charge in [-0.1, -0.05) is 36.4 Å². The fraction of sp³-hybridized carbons (Fsp3) is 0.321. The average Bonchev–Trinajstić information content (AvgIpc) is 2.89. The Balaban J connectivity index is 1.47. The van der Waals surface area contributed by atoms with Crippen LogP contribution in [-0.4, -0.2) is 34.0 Å². The van der Waals surface area contributed by atoms with Gasteiger partial charge in [-0.05, 0) is 86.2 Å². The number of anilines is 2. The number of benzene rings is 3. The number of piperidine rings is 1. The first-order valence-electron chi connectivity index (χ1n) is 12.1. The lowest BCUT2D eigenvalue weighted by Gasteiger charge is -2.28. The first kappa shape index (κ1) is 24.8. The number of sulfonamides is 1. The normalized spacial score (nSPS) is 13.9. The van der Waals surface area contributed by atoms with Gasteiger partial charge in [0.15, 0.2) is 0 Å². The summed E-state index contributed by atoms with van der Waals surface area (Å²) in [6.45, 7) is 6.11. The minimum atomic E-state index is -3.91. The van der Waals surface area contributed by atoms with Crippen molar-refractivity contribution in [1.29, 1.82) is 0 Å². The first-order chi connectivity index (χ1) is 16.8. The fourth-order valence-corrected chi connectivity index (χ4v) is 5.71. The number of carbonyl (C=O) groups is 1. The van der Waals surface area contributed by atoms with Crippen LogP contribution in [0.4, 0.5) is 11.4 Å². The Kier molecular flexibility index (Phi) is 7.76. The van der Waals surface area contributed by atoms with Crippen LogP contribution >= 0.6 is 0 Å². The van der Waals surface area contributed by atoms with Gasteiger partial charge in [-0.3, -0.25) is 9.10 Å². The largest absolute Gasteiger partial charge is 0.372 e. The van der Waals surface area contributed by atoms with E-state index in [1.165, 1.54) is 29.3 Å². The summed E-state index contributed by atoms with van der Waals surface area (Å²) in [5, 5.41) is 2.89. The second-order valence-electron chi connectivity index (χ2n) is 9.08. The molecule has 0 unspecified atom stereocenters. The number of hydrogen-bond donors (Lipinski definition) is 1. The third kappa shape index (κ3) is 6.03. The number of amides is 1. The quantitative estimate of drug-likeness (QED) is 0.491. The highest BCUT2D eigenvalue weighted by atomic mass is 32.2. The number of aryl methyl sites for hydroxylation is 2. The van der Waals surface area contributed by atoms with E-state index in [1.807, 2.05) is 38.1 Å². The molecule has 184 valence electrons. The standard InChI is InChI=1S/C28H33N3O3S/c1-22-11-14-26(19-23(22)2)31(35(33,34)27-9-5-3-6-10-27)21-28(32)29-20-24-12-15-25(16-13-24)30-17-7-4-8-18-30/h3,5-6,9-16,19H,4,7-8,17-18,20-21H2,1-2H3,(H,29,32). The van der Waals surface area contributed by atoms with Crippen LogP contribution in [0.2, 0.25) is 0 Å². The Morgan fingerprint density at radius 3 is 2.23 bits per heavy atom. The molecule has 1 aliphatic heterocycles. The summed E-state index contributed by atoms with van der Waals surface area (Å²) in [6, 6.07) is 21.9. The van der Waals surface area contributed by atoms with E-state index in [0.29, 0.717) is 12.2 Å². The first-order valence-corrected chi connectivity index (χ1v) is 13.5. The molecule has 0 radical (unpaired) electrons. The van der Waals surface area contributed by atoms with Crippen molar-refractivity contribution in [3.8, 4) is 0 Å². The molecule has 3 aromatic rings. The highest BCUT2D eigenvalue weighted by Gasteiger charge is 2.27. The molecule has 6 nitrogen and oxygen atoms in total. The number of nitrogens with one attached hydrogen (secondary N) is 1. The molecule has 1 heterocycles. The van der Waals surface area contributed by atoms with Gasteiger partial charge in [0.2, 0.25) is 5.91 Å². The van der Waals surface area contributed by atoms with E-state index in [1.54, 1.807) is 36.4 Å². The van der Waals surface area contributed by atoms with E-state index in [4.69, 9.17) is 0 Å². The van der Waals surface area contributed by atoms with Crippen LogP contribution in [0.25, 0.3) is 0 Å². The molecular weight excluding hydrogens is 458 g/mol. The smallest absolute Gasteiger partial charge is 0.264 e. The summed E-state index contributed by atoms with van der Waals surface area (Å²) in [4.78, 5) is 15.5. The summed E-state index contributed by atoms with van der Waals surface area (Å²) >= 11 is 0. The van der Waals surface area contributed by atoms with Gasteiger partial charge in [0.25, 0.3) is 10.0 Å². The van der Waals surface area contributed by atoms with Gasteiger partial charge in [-0.25, -0.2) is 8.42 Å². The maximum absolute atomic E-state index is 13.5. The molecule has 0 saturated carbocycles. The van der Waals surface area contributed by atoms with Crippen molar-refractivity contribution in [3.05, 3.63) is 89.5 Å². The van der Waals surface area contributed by atoms with Gasteiger partial charge in [0, 0.05) is 25.3 Å². The van der Waals surface area contributed by atoms with E-state index in [0.717, 1.165) is 29.8 Å². The average molecular weight is 492 g/mol. The van der Waals surface area contributed by atoms with Crippen molar-refractivity contribution >= 4 is 27.3 Å². The predicted octanol–water partition coefficient (Wildman–Crippen LogP) is 4.81. The second-order valence-corrected chi connectivity index (χ2v) is 10.9. The highest BCUT2D eigenvalue weighted by molar-refractivity contribution is 7.92. The number of rotatable bonds is 8. The van der Waals surface area contributed by atoms with Crippen molar-refractivity contribution in [2.24, 2.45) is 0 Å². The van der Waals surface area contributed by atoms with Crippen molar-refractivity contribution < 1.29 is 13.2 Å². The lowest BCUT2D eigenvalue weighted by Crippen LogP contribution is -2.40. The van der Waals surface area contributed by atoms with Crippen molar-refractivity contribution in [2.75, 3.05) is 28.8 Å². The molecule has 0 aromatic heterocycles. The van der Waals surface area contributed by atoms with E-state index in [2.05, 4.69) is 22.3 Å². The summed E-state index contributed by atoms with van der Waals surface area (Å²) in [5.41, 5.74) is 4.67. The van der Waals surface area contributed by atoms with Gasteiger partial charge >= 0.3 is 0 Å². The van der Waals surface area contributed by atoms with E-state index < -0.39 is 10.0 Å². The van der Waals surface area contributed by atoms with Gasteiger partial charge in [0.1, 0.15) is 6.54 Å².